The topological polar surface area (TPSA) is 25.4 Å². The van der Waals surface area contributed by atoms with Crippen molar-refractivity contribution in [3.8, 4) is 0 Å². The minimum Gasteiger partial charge on any atom is -0.377 e. The first kappa shape index (κ1) is 14.8. The van der Waals surface area contributed by atoms with Gasteiger partial charge in [-0.3, -0.25) is 9.88 Å². The molecule has 1 aliphatic rings. The van der Waals surface area contributed by atoms with Crippen molar-refractivity contribution < 1.29 is 4.74 Å². The second-order valence-electron chi connectivity index (χ2n) is 5.52. The molecule has 1 saturated heterocycles. The quantitative estimate of drug-likeness (QED) is 0.791. The number of aromatic nitrogens is 1. The minimum atomic E-state index is 0.384. The van der Waals surface area contributed by atoms with Crippen LogP contribution in [0.25, 0.3) is 10.9 Å². The number of halogens is 1. The fourth-order valence-corrected chi connectivity index (χ4v) is 3.07. The summed E-state index contributed by atoms with van der Waals surface area (Å²) in [6, 6.07) is 10.5. The molecule has 0 bridgehead atoms. The van der Waals surface area contributed by atoms with Gasteiger partial charge in [0.05, 0.1) is 18.2 Å². The Balaban J connectivity index is 1.62. The molecule has 112 valence electrons. The van der Waals surface area contributed by atoms with Crippen LogP contribution in [-0.2, 0) is 11.3 Å². The van der Waals surface area contributed by atoms with E-state index < -0.39 is 0 Å². The molecule has 1 aromatic heterocycles. The molecular weight excluding hydrogens is 284 g/mol. The third-order valence-corrected chi connectivity index (χ3v) is 4.25. The predicted molar refractivity (Wildman–Crippen MR) is 86.7 cm³/mol. The highest BCUT2D eigenvalue weighted by Gasteiger charge is 2.19. The number of para-hydroxylation sites is 1. The van der Waals surface area contributed by atoms with Crippen molar-refractivity contribution in [1.29, 1.82) is 0 Å². The Hall–Kier alpha value is -1.16. The first-order chi connectivity index (χ1) is 10.4. The summed E-state index contributed by atoms with van der Waals surface area (Å²) in [5, 5.41) is 1.26. The Labute approximate surface area is 130 Å². The lowest BCUT2D eigenvalue weighted by molar-refractivity contribution is 0.0135. The van der Waals surface area contributed by atoms with Gasteiger partial charge >= 0.3 is 0 Å². The Morgan fingerprint density at radius 2 is 2.00 bits per heavy atom. The molecule has 0 amide bonds. The molecule has 2 heterocycles. The molecule has 0 N–H and O–H groups in total. The maximum atomic E-state index is 5.73. The van der Waals surface area contributed by atoms with Crippen molar-refractivity contribution in [1.82, 2.24) is 9.88 Å². The molecule has 0 aliphatic carbocycles. The SMILES string of the molecule is ClCCOC1CCN(Cc2ccnc3ccccc23)CC1. The maximum Gasteiger partial charge on any atom is 0.0705 e. The number of benzene rings is 1. The average Bonchev–Trinajstić information content (AvgIpc) is 2.55. The van der Waals surface area contributed by atoms with Gasteiger partial charge in [0.2, 0.25) is 0 Å². The van der Waals surface area contributed by atoms with Gasteiger partial charge in [0.15, 0.2) is 0 Å². The molecule has 0 atom stereocenters. The lowest BCUT2D eigenvalue weighted by Crippen LogP contribution is -2.36. The van der Waals surface area contributed by atoms with E-state index in [9.17, 15) is 0 Å². The number of hydrogen-bond acceptors (Lipinski definition) is 3. The van der Waals surface area contributed by atoms with E-state index in [2.05, 4.69) is 34.1 Å². The van der Waals surface area contributed by atoms with Crippen LogP contribution >= 0.6 is 11.6 Å². The molecule has 0 saturated carbocycles. The fraction of sp³-hybridized carbons (Fsp3) is 0.471. The second kappa shape index (κ2) is 7.21. The van der Waals surface area contributed by atoms with E-state index in [0.29, 0.717) is 18.6 Å². The Bertz CT molecular complexity index is 577. The van der Waals surface area contributed by atoms with E-state index in [1.165, 1.54) is 10.9 Å². The molecule has 1 aromatic carbocycles. The first-order valence-corrected chi connectivity index (χ1v) is 8.13. The molecule has 3 nitrogen and oxygen atoms in total. The van der Waals surface area contributed by atoms with Crippen molar-refractivity contribution in [2.75, 3.05) is 25.6 Å². The summed E-state index contributed by atoms with van der Waals surface area (Å²) in [5.41, 5.74) is 2.44. The number of fused-ring (bicyclic) bond motifs is 1. The van der Waals surface area contributed by atoms with E-state index in [4.69, 9.17) is 16.3 Å². The highest BCUT2D eigenvalue weighted by Crippen LogP contribution is 2.21. The first-order valence-electron chi connectivity index (χ1n) is 7.59. The van der Waals surface area contributed by atoms with Crippen LogP contribution in [0.1, 0.15) is 18.4 Å². The average molecular weight is 305 g/mol. The second-order valence-corrected chi connectivity index (χ2v) is 5.90. The summed E-state index contributed by atoms with van der Waals surface area (Å²) in [6.45, 7) is 3.83. The van der Waals surface area contributed by atoms with Gasteiger partial charge in [0.1, 0.15) is 0 Å². The van der Waals surface area contributed by atoms with Gasteiger partial charge in [0, 0.05) is 37.1 Å². The van der Waals surface area contributed by atoms with E-state index in [1.54, 1.807) is 0 Å². The summed E-state index contributed by atoms with van der Waals surface area (Å²) in [5.74, 6) is 0.587. The molecule has 3 rings (SSSR count). The normalized spacial score (nSPS) is 17.4. The third-order valence-electron chi connectivity index (χ3n) is 4.10. The van der Waals surface area contributed by atoms with E-state index in [1.807, 2.05) is 12.3 Å². The van der Waals surface area contributed by atoms with Crippen LogP contribution in [0.15, 0.2) is 36.5 Å². The van der Waals surface area contributed by atoms with E-state index in [0.717, 1.165) is 38.0 Å². The zero-order valence-corrected chi connectivity index (χ0v) is 12.9. The number of hydrogen-bond donors (Lipinski definition) is 0. The smallest absolute Gasteiger partial charge is 0.0705 e. The Morgan fingerprint density at radius 3 is 2.81 bits per heavy atom. The molecule has 1 aliphatic heterocycles. The van der Waals surface area contributed by atoms with Crippen molar-refractivity contribution in [2.24, 2.45) is 0 Å². The lowest BCUT2D eigenvalue weighted by atomic mass is 10.0. The number of alkyl halides is 1. The van der Waals surface area contributed by atoms with Crippen molar-refractivity contribution in [3.05, 3.63) is 42.1 Å². The van der Waals surface area contributed by atoms with Crippen LogP contribution in [-0.4, -0.2) is 41.6 Å². The molecule has 2 aromatic rings. The summed E-state index contributed by atoms with van der Waals surface area (Å²) in [7, 11) is 0. The zero-order valence-electron chi connectivity index (χ0n) is 12.2. The van der Waals surface area contributed by atoms with E-state index >= 15 is 0 Å². The van der Waals surface area contributed by atoms with Crippen molar-refractivity contribution in [3.63, 3.8) is 0 Å². The number of ether oxygens (including phenoxy) is 1. The molecule has 0 radical (unpaired) electrons. The van der Waals surface area contributed by atoms with Crippen LogP contribution in [0.4, 0.5) is 0 Å². The lowest BCUT2D eigenvalue weighted by Gasteiger charge is -2.32. The van der Waals surface area contributed by atoms with Gasteiger partial charge in [-0.05, 0) is 30.5 Å². The molecular formula is C17H21ClN2O. The minimum absolute atomic E-state index is 0.384. The van der Waals surface area contributed by atoms with Crippen LogP contribution < -0.4 is 0 Å². The van der Waals surface area contributed by atoms with Crippen LogP contribution in [0.5, 0.6) is 0 Å². The fourth-order valence-electron chi connectivity index (χ4n) is 2.98. The van der Waals surface area contributed by atoms with Gasteiger partial charge in [-0.1, -0.05) is 18.2 Å². The largest absolute Gasteiger partial charge is 0.377 e. The Morgan fingerprint density at radius 1 is 1.19 bits per heavy atom. The van der Waals surface area contributed by atoms with Gasteiger partial charge in [-0.2, -0.15) is 0 Å². The molecule has 1 fully saturated rings. The van der Waals surface area contributed by atoms with Gasteiger partial charge in [-0.25, -0.2) is 0 Å². The van der Waals surface area contributed by atoms with Gasteiger partial charge in [0.25, 0.3) is 0 Å². The molecule has 0 unspecified atom stereocenters. The standard InChI is InChI=1S/C17H21ClN2O/c18-8-12-21-15-6-10-20(11-7-15)13-14-5-9-19-17-4-2-1-3-16(14)17/h1-5,9,15H,6-8,10-13H2. The number of nitrogens with zero attached hydrogens (tertiary/aromatic N) is 2. The van der Waals surface area contributed by atoms with Crippen molar-refractivity contribution in [2.45, 2.75) is 25.5 Å². The number of likely N-dealkylation sites (tertiary alicyclic amines) is 1. The number of piperidine rings is 1. The summed E-state index contributed by atoms with van der Waals surface area (Å²) < 4.78 is 5.73. The summed E-state index contributed by atoms with van der Waals surface area (Å²) in [4.78, 5) is 6.93. The third kappa shape index (κ3) is 3.73. The van der Waals surface area contributed by atoms with Crippen molar-refractivity contribution >= 4 is 22.5 Å². The van der Waals surface area contributed by atoms with Crippen LogP contribution in [0.3, 0.4) is 0 Å². The molecule has 4 heteroatoms. The number of rotatable bonds is 5. The van der Waals surface area contributed by atoms with E-state index in [-0.39, 0.29) is 0 Å². The number of pyridine rings is 1. The van der Waals surface area contributed by atoms with Crippen LogP contribution in [0.2, 0.25) is 0 Å². The molecule has 21 heavy (non-hydrogen) atoms. The van der Waals surface area contributed by atoms with Crippen LogP contribution in [0, 0.1) is 0 Å². The Kier molecular flexibility index (Phi) is 5.07. The van der Waals surface area contributed by atoms with Gasteiger partial charge < -0.3 is 4.74 Å². The van der Waals surface area contributed by atoms with Gasteiger partial charge in [-0.15, -0.1) is 11.6 Å². The maximum absolute atomic E-state index is 5.73. The monoisotopic (exact) mass is 304 g/mol. The highest BCUT2D eigenvalue weighted by atomic mass is 35.5. The molecule has 0 spiro atoms. The predicted octanol–water partition coefficient (Wildman–Crippen LogP) is 3.45. The zero-order chi connectivity index (χ0) is 14.5. The highest BCUT2D eigenvalue weighted by molar-refractivity contribution is 6.17. The summed E-state index contributed by atoms with van der Waals surface area (Å²) >= 11 is 5.67. The summed E-state index contributed by atoms with van der Waals surface area (Å²) in [6.07, 6.45) is 4.49.